The second kappa shape index (κ2) is 17.2. The van der Waals surface area contributed by atoms with E-state index in [0.29, 0.717) is 18.6 Å². The van der Waals surface area contributed by atoms with Crippen molar-refractivity contribution in [2.45, 2.75) is 70.1 Å². The van der Waals surface area contributed by atoms with Crippen LogP contribution in [0.1, 0.15) is 45.1 Å². The van der Waals surface area contributed by atoms with Crippen molar-refractivity contribution >= 4 is 52.3 Å². The van der Waals surface area contributed by atoms with Crippen molar-refractivity contribution in [2.75, 3.05) is 18.6 Å². The van der Waals surface area contributed by atoms with Gasteiger partial charge in [-0.2, -0.15) is 11.8 Å². The molecule has 1 aromatic carbocycles. The van der Waals surface area contributed by atoms with E-state index >= 15 is 0 Å². The molecule has 1 aromatic heterocycles. The molecular weight excluding hydrogens is 560 g/mol. The minimum atomic E-state index is -1.22. The van der Waals surface area contributed by atoms with Crippen LogP contribution in [-0.2, 0) is 25.6 Å². The molecule has 5 atom stereocenters. The summed E-state index contributed by atoms with van der Waals surface area (Å²) < 4.78 is 0. The van der Waals surface area contributed by atoms with E-state index in [1.165, 1.54) is 11.8 Å². The van der Waals surface area contributed by atoms with Crippen molar-refractivity contribution in [1.29, 1.82) is 0 Å². The average Bonchev–Trinajstić information content (AvgIpc) is 3.37. The fourth-order valence-electron chi connectivity index (χ4n) is 4.32. The number of H-pyrrole nitrogens is 1. The lowest BCUT2D eigenvalue weighted by Gasteiger charge is -2.26. The van der Waals surface area contributed by atoms with Crippen LogP contribution in [-0.4, -0.2) is 82.5 Å². The molecule has 0 aliphatic heterocycles. The summed E-state index contributed by atoms with van der Waals surface area (Å²) >= 11 is 1.48. The van der Waals surface area contributed by atoms with Crippen LogP contribution in [0.4, 0.5) is 0 Å². The second-order valence-corrected chi connectivity index (χ2v) is 11.2. The number of carboxylic acids is 1. The summed E-state index contributed by atoms with van der Waals surface area (Å²) in [5.74, 6) is -2.59. The number of carboxylic acid groups (broad SMARTS) is 1. The number of guanidine groups is 1. The number of nitrogens with two attached hydrogens (primary N) is 3. The van der Waals surface area contributed by atoms with Gasteiger partial charge in [-0.25, -0.2) is 4.79 Å². The molecule has 0 aliphatic carbocycles. The molecule has 14 heteroatoms. The predicted octanol–water partition coefficient (Wildman–Crippen LogP) is 0.430. The van der Waals surface area contributed by atoms with Crippen LogP contribution >= 0.6 is 11.8 Å². The average molecular weight is 605 g/mol. The highest BCUT2D eigenvalue weighted by molar-refractivity contribution is 7.98. The van der Waals surface area contributed by atoms with Gasteiger partial charge in [0.15, 0.2) is 5.96 Å². The number of amides is 3. The number of benzene rings is 1. The lowest BCUT2D eigenvalue weighted by molar-refractivity contribution is -0.142. The molecule has 3 amide bonds. The lowest BCUT2D eigenvalue weighted by atomic mass is 9.98. The lowest BCUT2D eigenvalue weighted by Crippen LogP contribution is -2.58. The van der Waals surface area contributed by atoms with Crippen molar-refractivity contribution in [2.24, 2.45) is 28.1 Å². The topological polar surface area (TPSA) is 231 Å². The number of aromatic amines is 1. The maximum absolute atomic E-state index is 13.7. The molecule has 0 bridgehead atoms. The minimum absolute atomic E-state index is 0.0911. The van der Waals surface area contributed by atoms with Gasteiger partial charge in [-0.05, 0) is 48.8 Å². The number of hydrogen-bond donors (Lipinski definition) is 8. The number of aliphatic imine (C=N–C) groups is 1. The van der Waals surface area contributed by atoms with E-state index < -0.39 is 47.9 Å². The van der Waals surface area contributed by atoms with Crippen molar-refractivity contribution in [3.8, 4) is 0 Å². The van der Waals surface area contributed by atoms with Gasteiger partial charge >= 0.3 is 5.97 Å². The van der Waals surface area contributed by atoms with E-state index in [0.717, 1.165) is 16.5 Å². The van der Waals surface area contributed by atoms with Gasteiger partial charge < -0.3 is 43.2 Å². The van der Waals surface area contributed by atoms with Gasteiger partial charge in [-0.15, -0.1) is 0 Å². The van der Waals surface area contributed by atoms with E-state index in [2.05, 4.69) is 25.9 Å². The highest BCUT2D eigenvalue weighted by Crippen LogP contribution is 2.19. The Morgan fingerprint density at radius 1 is 1.00 bits per heavy atom. The van der Waals surface area contributed by atoms with Crippen molar-refractivity contribution in [1.82, 2.24) is 20.9 Å². The van der Waals surface area contributed by atoms with Crippen LogP contribution in [0.15, 0.2) is 35.5 Å². The largest absolute Gasteiger partial charge is 0.480 e. The Bertz CT molecular complexity index is 1230. The maximum Gasteiger partial charge on any atom is 0.326 e. The summed E-state index contributed by atoms with van der Waals surface area (Å²) in [6.45, 7) is 3.99. The number of rotatable bonds is 18. The van der Waals surface area contributed by atoms with Gasteiger partial charge in [0, 0.05) is 30.1 Å². The minimum Gasteiger partial charge on any atom is -0.480 e. The summed E-state index contributed by atoms with van der Waals surface area (Å²) in [7, 11) is 0. The third-order valence-corrected chi connectivity index (χ3v) is 7.74. The summed E-state index contributed by atoms with van der Waals surface area (Å²) in [6, 6.07) is 3.50. The number of aromatic nitrogens is 1. The van der Waals surface area contributed by atoms with E-state index in [-0.39, 0.29) is 37.7 Å². The third kappa shape index (κ3) is 10.6. The van der Waals surface area contributed by atoms with Gasteiger partial charge in [0.2, 0.25) is 17.7 Å². The first-order valence-electron chi connectivity index (χ1n) is 14.0. The monoisotopic (exact) mass is 604 g/mol. The van der Waals surface area contributed by atoms with Crippen molar-refractivity contribution in [3.05, 3.63) is 36.0 Å². The smallest absolute Gasteiger partial charge is 0.326 e. The van der Waals surface area contributed by atoms with Crippen LogP contribution in [0.25, 0.3) is 10.9 Å². The normalized spacial score (nSPS) is 14.7. The van der Waals surface area contributed by atoms with Gasteiger partial charge in [-0.1, -0.05) is 38.5 Å². The van der Waals surface area contributed by atoms with Crippen molar-refractivity contribution < 1.29 is 24.3 Å². The molecule has 2 aromatic rings. The molecule has 0 saturated carbocycles. The zero-order chi connectivity index (χ0) is 31.2. The number of hydrogen-bond acceptors (Lipinski definition) is 7. The highest BCUT2D eigenvalue weighted by Gasteiger charge is 2.31. The molecule has 0 fully saturated rings. The Hall–Kier alpha value is -3.78. The van der Waals surface area contributed by atoms with Crippen LogP contribution in [0.5, 0.6) is 0 Å². The quantitative estimate of drug-likeness (QED) is 0.0669. The molecule has 11 N–H and O–H groups in total. The number of fused-ring (bicyclic) bond motifs is 1. The molecule has 0 aliphatic rings. The maximum atomic E-state index is 13.7. The Balaban J connectivity index is 2.25. The summed E-state index contributed by atoms with van der Waals surface area (Å²) in [5, 5.41) is 18.6. The number of aliphatic carboxylic acids is 1. The molecule has 2 rings (SSSR count). The number of carbonyl (C=O) groups is 4. The zero-order valence-corrected chi connectivity index (χ0v) is 25.2. The first-order chi connectivity index (χ1) is 20.0. The molecule has 0 saturated heterocycles. The van der Waals surface area contributed by atoms with E-state index in [9.17, 15) is 24.3 Å². The predicted molar refractivity (Wildman–Crippen MR) is 166 cm³/mol. The first-order valence-corrected chi connectivity index (χ1v) is 15.4. The zero-order valence-electron chi connectivity index (χ0n) is 24.4. The van der Waals surface area contributed by atoms with Gasteiger partial charge in [0.1, 0.15) is 18.1 Å². The van der Waals surface area contributed by atoms with E-state index in [4.69, 9.17) is 17.2 Å². The number of carbonyl (C=O) groups excluding carboxylic acids is 3. The SMILES string of the molecule is CCC(C)C(N)C(=O)NC(Cc1c[nH]c2ccccc12)C(=O)NC(CCSC)C(=O)NC(CCCN=C(N)N)C(=O)O. The molecule has 5 unspecified atom stereocenters. The van der Waals surface area contributed by atoms with Gasteiger partial charge in [-0.3, -0.25) is 19.4 Å². The standard InChI is InChI=1S/C28H44N8O5S/c1-4-16(2)23(29)26(39)36-22(14-17-15-33-19-9-6-5-8-18(17)19)25(38)34-20(11-13-42-3)24(37)35-21(27(40)41)10-7-12-32-28(30)31/h5-6,8-9,15-16,20-23,33H,4,7,10-14,29H2,1-3H3,(H,34,38)(H,35,37)(H,36,39)(H,40,41)(H4,30,31,32). The Morgan fingerprint density at radius 2 is 1.64 bits per heavy atom. The Morgan fingerprint density at radius 3 is 2.29 bits per heavy atom. The molecule has 13 nitrogen and oxygen atoms in total. The van der Waals surface area contributed by atoms with Crippen molar-refractivity contribution in [3.63, 3.8) is 0 Å². The highest BCUT2D eigenvalue weighted by atomic mass is 32.2. The summed E-state index contributed by atoms with van der Waals surface area (Å²) in [4.78, 5) is 58.8. The summed E-state index contributed by atoms with van der Waals surface area (Å²) in [5.41, 5.74) is 18.5. The van der Waals surface area contributed by atoms with Gasteiger partial charge in [0.25, 0.3) is 0 Å². The number of nitrogens with one attached hydrogen (secondary N) is 4. The first kappa shape index (κ1) is 34.4. The third-order valence-electron chi connectivity index (χ3n) is 7.10. The molecule has 1 heterocycles. The fourth-order valence-corrected chi connectivity index (χ4v) is 4.79. The van der Waals surface area contributed by atoms with Crippen LogP contribution in [0, 0.1) is 5.92 Å². The van der Waals surface area contributed by atoms with Gasteiger partial charge in [0.05, 0.1) is 6.04 Å². The van der Waals surface area contributed by atoms with E-state index in [1.54, 1.807) is 6.20 Å². The number of para-hydroxylation sites is 1. The summed E-state index contributed by atoms with van der Waals surface area (Å²) in [6.07, 6.45) is 5.13. The van der Waals surface area contributed by atoms with Crippen LogP contribution < -0.4 is 33.2 Å². The Labute approximate surface area is 250 Å². The molecule has 0 spiro atoms. The number of thioether (sulfide) groups is 1. The van der Waals surface area contributed by atoms with Crippen LogP contribution in [0.3, 0.4) is 0 Å². The van der Waals surface area contributed by atoms with Crippen LogP contribution in [0.2, 0.25) is 0 Å². The number of nitrogens with zero attached hydrogens (tertiary/aromatic N) is 1. The second-order valence-electron chi connectivity index (χ2n) is 10.2. The Kier molecular flexibility index (Phi) is 14.1. The molecule has 42 heavy (non-hydrogen) atoms. The van der Waals surface area contributed by atoms with E-state index in [1.807, 2.05) is 44.4 Å². The molecule has 232 valence electrons. The molecule has 0 radical (unpaired) electrons. The molecular formula is C28H44N8O5S. The fraction of sp³-hybridized carbons (Fsp3) is 0.536.